The maximum absolute atomic E-state index is 12.5. The summed E-state index contributed by atoms with van der Waals surface area (Å²) in [6, 6.07) is 15.5. The van der Waals surface area contributed by atoms with Gasteiger partial charge in [-0.2, -0.15) is 0 Å². The molecule has 0 atom stereocenters. The van der Waals surface area contributed by atoms with Crippen LogP contribution in [0.25, 0.3) is 11.3 Å². The van der Waals surface area contributed by atoms with Crippen LogP contribution in [0.3, 0.4) is 0 Å². The van der Waals surface area contributed by atoms with Gasteiger partial charge >= 0.3 is 0 Å². The molecule has 0 amide bonds. The Morgan fingerprint density at radius 1 is 0.938 bits per heavy atom. The number of benzene rings is 2. The van der Waals surface area contributed by atoms with Gasteiger partial charge in [-0.1, -0.05) is 0 Å². The van der Waals surface area contributed by atoms with E-state index in [9.17, 15) is 8.42 Å². The maximum Gasteiger partial charge on any atom is 0.240 e. The number of hydrogen-bond donors (Lipinski definition) is 1. The van der Waals surface area contributed by atoms with Crippen LogP contribution in [0.2, 0.25) is 0 Å². The predicted molar refractivity (Wildman–Crippen MR) is 117 cm³/mol. The highest BCUT2D eigenvalue weighted by atomic mass is 32.2. The minimum atomic E-state index is -3.71. The molecule has 0 saturated carbocycles. The maximum atomic E-state index is 12.5. The van der Waals surface area contributed by atoms with Gasteiger partial charge in [-0.05, 0) is 49.4 Å². The van der Waals surface area contributed by atoms with Crippen molar-refractivity contribution in [1.82, 2.24) is 14.9 Å². The van der Waals surface area contributed by atoms with Crippen LogP contribution in [0.1, 0.15) is 6.92 Å². The monoisotopic (exact) mass is 457 g/mol. The molecule has 168 valence electrons. The van der Waals surface area contributed by atoms with Crippen LogP contribution in [-0.4, -0.2) is 51.6 Å². The van der Waals surface area contributed by atoms with Crippen molar-refractivity contribution in [3.8, 4) is 34.4 Å². The zero-order chi connectivity index (χ0) is 22.4. The minimum absolute atomic E-state index is 0.0685. The van der Waals surface area contributed by atoms with Gasteiger partial charge in [-0.15, -0.1) is 10.2 Å². The first kappa shape index (κ1) is 21.8. The average Bonchev–Trinajstić information content (AvgIpc) is 2.83. The lowest BCUT2D eigenvalue weighted by Gasteiger charge is -2.18. The van der Waals surface area contributed by atoms with Crippen LogP contribution in [0.15, 0.2) is 59.5 Å². The Balaban J connectivity index is 1.29. The van der Waals surface area contributed by atoms with Crippen molar-refractivity contribution in [2.45, 2.75) is 11.8 Å². The summed E-state index contributed by atoms with van der Waals surface area (Å²) in [6.45, 7) is 3.54. The lowest BCUT2D eigenvalue weighted by Crippen LogP contribution is -2.28. The Bertz CT molecular complexity index is 1150. The van der Waals surface area contributed by atoms with Crippen LogP contribution in [0, 0.1) is 0 Å². The van der Waals surface area contributed by atoms with Crippen LogP contribution in [0.4, 0.5) is 0 Å². The van der Waals surface area contributed by atoms with Gasteiger partial charge in [-0.25, -0.2) is 13.1 Å². The minimum Gasteiger partial charge on any atom is -0.494 e. The summed E-state index contributed by atoms with van der Waals surface area (Å²) in [6.07, 6.45) is 0. The first-order valence-corrected chi connectivity index (χ1v) is 11.6. The first-order valence-electron chi connectivity index (χ1n) is 10.1. The van der Waals surface area contributed by atoms with Gasteiger partial charge < -0.3 is 18.9 Å². The van der Waals surface area contributed by atoms with Crippen LogP contribution in [0.5, 0.6) is 23.1 Å². The first-order chi connectivity index (χ1) is 15.5. The van der Waals surface area contributed by atoms with E-state index in [4.69, 9.17) is 18.9 Å². The van der Waals surface area contributed by atoms with Crippen molar-refractivity contribution in [3.05, 3.63) is 54.6 Å². The van der Waals surface area contributed by atoms with E-state index in [0.717, 1.165) is 11.3 Å². The summed E-state index contributed by atoms with van der Waals surface area (Å²) < 4.78 is 49.3. The Kier molecular flexibility index (Phi) is 6.72. The van der Waals surface area contributed by atoms with E-state index in [1.807, 2.05) is 31.2 Å². The molecule has 2 heterocycles. The van der Waals surface area contributed by atoms with E-state index < -0.39 is 10.0 Å². The summed E-state index contributed by atoms with van der Waals surface area (Å²) in [7, 11) is -3.71. The molecule has 32 heavy (non-hydrogen) atoms. The second-order valence-corrected chi connectivity index (χ2v) is 8.53. The van der Waals surface area contributed by atoms with Crippen molar-refractivity contribution in [1.29, 1.82) is 0 Å². The zero-order valence-corrected chi connectivity index (χ0v) is 18.3. The molecule has 0 radical (unpaired) electrons. The second-order valence-electron chi connectivity index (χ2n) is 6.77. The molecule has 1 N–H and O–H groups in total. The van der Waals surface area contributed by atoms with Gasteiger partial charge in [0.15, 0.2) is 11.5 Å². The van der Waals surface area contributed by atoms with Gasteiger partial charge in [0.1, 0.15) is 25.6 Å². The third-order valence-electron chi connectivity index (χ3n) is 4.57. The van der Waals surface area contributed by atoms with Crippen molar-refractivity contribution >= 4 is 10.0 Å². The van der Waals surface area contributed by atoms with E-state index >= 15 is 0 Å². The standard InChI is InChI=1S/C22H23N3O6S/c1-2-28-17-5-3-16(4-6-17)19-8-10-22(25-24-19)31-12-11-23-32(26,27)18-7-9-20-21(15-18)30-14-13-29-20/h3-10,15,23H,2,11-14H2,1H3. The molecular weight excluding hydrogens is 434 g/mol. The molecular formula is C22H23N3O6S. The molecule has 0 spiro atoms. The summed E-state index contributed by atoms with van der Waals surface area (Å²) >= 11 is 0. The van der Waals surface area contributed by atoms with Gasteiger partial charge in [-0.3, -0.25) is 0 Å². The van der Waals surface area contributed by atoms with Crippen LogP contribution < -0.4 is 23.7 Å². The lowest BCUT2D eigenvalue weighted by atomic mass is 10.1. The molecule has 1 aliphatic heterocycles. The Hall–Kier alpha value is -3.37. The fraction of sp³-hybridized carbons (Fsp3) is 0.273. The summed E-state index contributed by atoms with van der Waals surface area (Å²) in [5.41, 5.74) is 1.60. The number of rotatable bonds is 9. The topological polar surface area (TPSA) is 109 Å². The number of aromatic nitrogens is 2. The highest BCUT2D eigenvalue weighted by Gasteiger charge is 2.19. The molecule has 1 aromatic heterocycles. The number of ether oxygens (including phenoxy) is 4. The largest absolute Gasteiger partial charge is 0.494 e. The molecule has 4 rings (SSSR count). The van der Waals surface area contributed by atoms with E-state index in [1.54, 1.807) is 18.2 Å². The number of sulfonamides is 1. The normalized spacial score (nSPS) is 12.9. The molecule has 0 aliphatic carbocycles. The third-order valence-corrected chi connectivity index (χ3v) is 6.03. The Labute approximate surface area is 186 Å². The molecule has 9 nitrogen and oxygen atoms in total. The van der Waals surface area contributed by atoms with E-state index in [2.05, 4.69) is 14.9 Å². The number of nitrogens with one attached hydrogen (secondary N) is 1. The predicted octanol–water partition coefficient (Wildman–Crippen LogP) is 2.67. The quantitative estimate of drug-likeness (QED) is 0.489. The summed E-state index contributed by atoms with van der Waals surface area (Å²) in [5, 5.41) is 8.20. The van der Waals surface area contributed by atoms with Crippen molar-refractivity contribution in [2.75, 3.05) is 33.0 Å². The molecule has 0 bridgehead atoms. The average molecular weight is 458 g/mol. The summed E-state index contributed by atoms with van der Waals surface area (Å²) in [4.78, 5) is 0.0984. The summed E-state index contributed by atoms with van der Waals surface area (Å²) in [5.74, 6) is 2.05. The molecule has 10 heteroatoms. The second kappa shape index (κ2) is 9.84. The van der Waals surface area contributed by atoms with Gasteiger partial charge in [0, 0.05) is 24.2 Å². The smallest absolute Gasteiger partial charge is 0.240 e. The van der Waals surface area contributed by atoms with Crippen molar-refractivity contribution in [3.63, 3.8) is 0 Å². The van der Waals surface area contributed by atoms with E-state index in [1.165, 1.54) is 12.1 Å². The van der Waals surface area contributed by atoms with Crippen molar-refractivity contribution in [2.24, 2.45) is 0 Å². The molecule has 2 aromatic carbocycles. The fourth-order valence-electron chi connectivity index (χ4n) is 3.05. The highest BCUT2D eigenvalue weighted by molar-refractivity contribution is 7.89. The lowest BCUT2D eigenvalue weighted by molar-refractivity contribution is 0.171. The Morgan fingerprint density at radius 3 is 2.44 bits per heavy atom. The highest BCUT2D eigenvalue weighted by Crippen LogP contribution is 2.32. The molecule has 0 saturated heterocycles. The number of fused-ring (bicyclic) bond motifs is 1. The van der Waals surface area contributed by atoms with Gasteiger partial charge in [0.2, 0.25) is 15.9 Å². The third kappa shape index (κ3) is 5.27. The SMILES string of the molecule is CCOc1ccc(-c2ccc(OCCNS(=O)(=O)c3ccc4c(c3)OCCO4)nn2)cc1. The fourth-order valence-corrected chi connectivity index (χ4v) is 4.07. The number of hydrogen-bond acceptors (Lipinski definition) is 8. The van der Waals surface area contributed by atoms with Gasteiger partial charge in [0.25, 0.3) is 0 Å². The van der Waals surface area contributed by atoms with Crippen LogP contribution in [-0.2, 0) is 10.0 Å². The molecule has 0 unspecified atom stereocenters. The van der Waals surface area contributed by atoms with Gasteiger partial charge in [0.05, 0.1) is 17.2 Å². The molecule has 3 aromatic rings. The molecule has 1 aliphatic rings. The van der Waals surface area contributed by atoms with E-state index in [-0.39, 0.29) is 18.0 Å². The van der Waals surface area contributed by atoms with Crippen LogP contribution >= 0.6 is 0 Å². The number of nitrogens with zero attached hydrogens (tertiary/aromatic N) is 2. The van der Waals surface area contributed by atoms with E-state index in [0.29, 0.717) is 42.9 Å². The zero-order valence-electron chi connectivity index (χ0n) is 17.5. The van der Waals surface area contributed by atoms with Crippen molar-refractivity contribution < 1.29 is 27.4 Å². The molecule has 0 fully saturated rings. The Morgan fingerprint density at radius 2 is 1.72 bits per heavy atom.